The lowest BCUT2D eigenvalue weighted by molar-refractivity contribution is -0.142. The van der Waals surface area contributed by atoms with Crippen LogP contribution in [-0.2, 0) is 48.2 Å². The van der Waals surface area contributed by atoms with Crippen molar-refractivity contribution >= 4 is 40.7 Å². The predicted octanol–water partition coefficient (Wildman–Crippen LogP) is 5.89. The number of benzene rings is 4. The molecular weight excluding hydrogens is 751 g/mol. The number of hydrogen-bond acceptors (Lipinski definition) is 8. The first-order chi connectivity index (χ1) is 28.4. The van der Waals surface area contributed by atoms with Crippen molar-refractivity contribution in [3.63, 3.8) is 0 Å². The van der Waals surface area contributed by atoms with Crippen LogP contribution in [0.5, 0.6) is 0 Å². The van der Waals surface area contributed by atoms with Crippen LogP contribution < -0.4 is 16.0 Å². The summed E-state index contributed by atoms with van der Waals surface area (Å²) in [6.07, 6.45) is 0.581. The van der Waals surface area contributed by atoms with Crippen molar-refractivity contribution in [2.45, 2.75) is 95.9 Å². The van der Waals surface area contributed by atoms with E-state index in [1.807, 2.05) is 97.1 Å². The monoisotopic (exact) mass is 805 g/mol. The first-order valence-corrected chi connectivity index (χ1v) is 20.4. The zero-order valence-corrected chi connectivity index (χ0v) is 34.1. The lowest BCUT2D eigenvalue weighted by Gasteiger charge is -2.37. The van der Waals surface area contributed by atoms with E-state index in [4.69, 9.17) is 14.2 Å². The summed E-state index contributed by atoms with van der Waals surface area (Å²) in [7, 11) is 0. The number of carbonyl (C=O) groups excluding carboxylic acids is 5. The summed E-state index contributed by atoms with van der Waals surface area (Å²) >= 11 is 0. The molecule has 13 heteroatoms. The van der Waals surface area contributed by atoms with Gasteiger partial charge in [-0.1, -0.05) is 97.1 Å². The van der Waals surface area contributed by atoms with Crippen LogP contribution in [0.1, 0.15) is 63.1 Å². The zero-order valence-electron chi connectivity index (χ0n) is 34.1. The highest BCUT2D eigenvalue weighted by molar-refractivity contribution is 5.94. The number of nitrogens with one attached hydrogen (secondary N) is 3. The second-order valence-electron chi connectivity index (χ2n) is 16.1. The number of alkyl carbamates (subject to hydrolysis) is 1. The van der Waals surface area contributed by atoms with E-state index < -0.39 is 59.7 Å². The van der Waals surface area contributed by atoms with Crippen molar-refractivity contribution in [1.29, 1.82) is 0 Å². The van der Waals surface area contributed by atoms with Gasteiger partial charge in [0.25, 0.3) is 0 Å². The Balaban J connectivity index is 1.16. The molecule has 0 radical (unpaired) electrons. The molecule has 6 rings (SSSR count). The third-order valence-corrected chi connectivity index (χ3v) is 10.4. The van der Waals surface area contributed by atoms with Crippen LogP contribution in [0.2, 0.25) is 0 Å². The SMILES string of the molecule is CC(C)(C)OC(=O)N1CCCC[C@H]1C(=O)N[C@H](Cc1ccccc1)C(=O)N1C[C@H](OCc2ccc3ccccc3c2)C[C@@H]1C(=O)NCCNC(=O)OCc1ccccc1. The van der Waals surface area contributed by atoms with E-state index in [2.05, 4.69) is 22.0 Å². The maximum absolute atomic E-state index is 14.8. The Labute approximate surface area is 345 Å². The number of rotatable bonds is 14. The smallest absolute Gasteiger partial charge is 0.410 e. The maximum atomic E-state index is 14.8. The van der Waals surface area contributed by atoms with Crippen LogP contribution in [0.15, 0.2) is 103 Å². The normalized spacial score (nSPS) is 18.5. The summed E-state index contributed by atoms with van der Waals surface area (Å²) in [4.78, 5) is 71.3. The molecule has 4 aromatic rings. The molecule has 4 atom stereocenters. The van der Waals surface area contributed by atoms with E-state index in [0.29, 0.717) is 13.0 Å². The highest BCUT2D eigenvalue weighted by Gasteiger charge is 2.44. The minimum Gasteiger partial charge on any atom is -0.445 e. The Kier molecular flexibility index (Phi) is 14.6. The molecule has 59 heavy (non-hydrogen) atoms. The molecule has 2 aliphatic rings. The molecule has 4 aromatic carbocycles. The molecule has 5 amide bonds. The van der Waals surface area contributed by atoms with Crippen molar-refractivity contribution in [2.24, 2.45) is 0 Å². The van der Waals surface area contributed by atoms with Crippen LogP contribution in [0.4, 0.5) is 9.59 Å². The molecule has 0 spiro atoms. The molecule has 0 bridgehead atoms. The quantitative estimate of drug-likeness (QED) is 0.134. The molecular formula is C46H55N5O8. The van der Waals surface area contributed by atoms with Gasteiger partial charge in [0.05, 0.1) is 12.7 Å². The van der Waals surface area contributed by atoms with Crippen molar-refractivity contribution in [3.8, 4) is 0 Å². The number of amides is 5. The van der Waals surface area contributed by atoms with Crippen molar-refractivity contribution < 1.29 is 38.2 Å². The minimum atomic E-state index is -1.05. The highest BCUT2D eigenvalue weighted by Crippen LogP contribution is 2.26. The lowest BCUT2D eigenvalue weighted by atomic mass is 9.99. The summed E-state index contributed by atoms with van der Waals surface area (Å²) in [6, 6.07) is 30.0. The third kappa shape index (κ3) is 12.3. The molecule has 2 heterocycles. The second-order valence-corrected chi connectivity index (χ2v) is 16.1. The van der Waals surface area contributed by atoms with E-state index in [0.717, 1.165) is 40.3 Å². The number of carbonyl (C=O) groups is 5. The van der Waals surface area contributed by atoms with Crippen molar-refractivity contribution in [2.75, 3.05) is 26.2 Å². The van der Waals surface area contributed by atoms with Gasteiger partial charge in [-0.15, -0.1) is 0 Å². The molecule has 3 N–H and O–H groups in total. The number of likely N-dealkylation sites (tertiary alicyclic amines) is 2. The molecule has 312 valence electrons. The molecule has 0 aromatic heterocycles. The van der Waals surface area contributed by atoms with E-state index in [9.17, 15) is 24.0 Å². The number of nitrogens with zero attached hydrogens (tertiary/aromatic N) is 2. The Morgan fingerprint density at radius 3 is 2.12 bits per heavy atom. The van der Waals surface area contributed by atoms with Crippen LogP contribution in [0.3, 0.4) is 0 Å². The van der Waals surface area contributed by atoms with Gasteiger partial charge in [-0.25, -0.2) is 9.59 Å². The Hall–Kier alpha value is -5.95. The first kappa shape index (κ1) is 42.7. The van der Waals surface area contributed by atoms with E-state index in [1.54, 1.807) is 20.8 Å². The number of piperidine rings is 1. The summed E-state index contributed by atoms with van der Waals surface area (Å²) in [5.74, 6) is -1.32. The fraction of sp³-hybridized carbons (Fsp3) is 0.413. The van der Waals surface area contributed by atoms with Gasteiger partial charge in [0.1, 0.15) is 30.3 Å². The van der Waals surface area contributed by atoms with Crippen LogP contribution in [-0.4, -0.2) is 95.7 Å². The fourth-order valence-corrected chi connectivity index (χ4v) is 7.46. The third-order valence-electron chi connectivity index (χ3n) is 10.4. The molecule has 0 unspecified atom stereocenters. The molecule has 0 aliphatic carbocycles. The van der Waals surface area contributed by atoms with E-state index in [1.165, 1.54) is 9.80 Å². The van der Waals surface area contributed by atoms with E-state index in [-0.39, 0.29) is 45.7 Å². The van der Waals surface area contributed by atoms with E-state index >= 15 is 0 Å². The van der Waals surface area contributed by atoms with Gasteiger partial charge < -0.3 is 35.1 Å². The molecule has 2 saturated heterocycles. The topological polar surface area (TPSA) is 156 Å². The van der Waals surface area contributed by atoms with Crippen molar-refractivity contribution in [1.82, 2.24) is 25.8 Å². The summed E-state index contributed by atoms with van der Waals surface area (Å²) in [5.41, 5.74) is 1.87. The number of hydrogen-bond donors (Lipinski definition) is 3. The lowest BCUT2D eigenvalue weighted by Crippen LogP contribution is -2.59. The first-order valence-electron chi connectivity index (χ1n) is 20.4. The second kappa shape index (κ2) is 20.1. The average molecular weight is 806 g/mol. The van der Waals surface area contributed by atoms with Crippen LogP contribution in [0, 0.1) is 0 Å². The Morgan fingerprint density at radius 2 is 1.39 bits per heavy atom. The van der Waals surface area contributed by atoms with Crippen LogP contribution in [0.25, 0.3) is 10.8 Å². The fourth-order valence-electron chi connectivity index (χ4n) is 7.46. The van der Waals surface area contributed by atoms with Gasteiger partial charge >= 0.3 is 12.2 Å². The highest BCUT2D eigenvalue weighted by atomic mass is 16.6. The molecule has 0 saturated carbocycles. The van der Waals surface area contributed by atoms with Crippen LogP contribution >= 0.6 is 0 Å². The largest absolute Gasteiger partial charge is 0.445 e. The number of fused-ring (bicyclic) bond motifs is 1. The maximum Gasteiger partial charge on any atom is 0.410 e. The van der Waals surface area contributed by atoms with Gasteiger partial charge in [-0.05, 0) is 73.6 Å². The summed E-state index contributed by atoms with van der Waals surface area (Å²) in [5, 5.41) is 10.7. The zero-order chi connectivity index (χ0) is 41.8. The van der Waals surface area contributed by atoms with Gasteiger partial charge in [0.15, 0.2) is 0 Å². The average Bonchev–Trinajstić information content (AvgIpc) is 3.67. The van der Waals surface area contributed by atoms with Gasteiger partial charge in [0, 0.05) is 39.0 Å². The summed E-state index contributed by atoms with van der Waals surface area (Å²) < 4.78 is 17.3. The Morgan fingerprint density at radius 1 is 0.712 bits per heavy atom. The van der Waals surface area contributed by atoms with Gasteiger partial charge in [0.2, 0.25) is 17.7 Å². The summed E-state index contributed by atoms with van der Waals surface area (Å²) in [6.45, 7) is 6.37. The molecule has 13 nitrogen and oxygen atoms in total. The molecule has 2 fully saturated rings. The number of ether oxygens (including phenoxy) is 3. The predicted molar refractivity (Wildman–Crippen MR) is 223 cm³/mol. The minimum absolute atomic E-state index is 0.0901. The van der Waals surface area contributed by atoms with Gasteiger partial charge in [-0.2, -0.15) is 0 Å². The van der Waals surface area contributed by atoms with Gasteiger partial charge in [-0.3, -0.25) is 19.3 Å². The molecule has 2 aliphatic heterocycles. The Bertz CT molecular complexity index is 2060. The van der Waals surface area contributed by atoms with Crippen molar-refractivity contribution in [3.05, 3.63) is 120 Å². The standard InChI is InChI=1S/C46H55N5O8/c1-46(2,3)59-45(56)50-25-13-12-20-39(50)42(53)49-38(27-32-14-6-4-7-15-32)43(54)51-29-37(57-31-34-21-22-35-18-10-11-19-36(35)26-34)28-40(51)41(52)47-23-24-48-44(55)58-30-33-16-8-5-9-17-33/h4-11,14-19,21-22,26,37-40H,12-13,20,23-25,27-31H2,1-3H3,(H,47,52)(H,48,55)(H,49,53)/t37-,38-,39+,40-/m1/s1.